The lowest BCUT2D eigenvalue weighted by molar-refractivity contribution is -0.274. The Hall–Kier alpha value is -4.89. The fourth-order valence-electron chi connectivity index (χ4n) is 4.71. The Morgan fingerprint density at radius 3 is 2.46 bits per heavy atom. The van der Waals surface area contributed by atoms with Crippen LogP contribution in [-0.4, -0.2) is 43.9 Å². The van der Waals surface area contributed by atoms with Crippen LogP contribution in [0.4, 0.5) is 18.9 Å². The average molecular weight is 646 g/mol. The molecule has 0 saturated carbocycles. The Morgan fingerprint density at radius 2 is 1.78 bits per heavy atom. The summed E-state index contributed by atoms with van der Waals surface area (Å²) in [7, 11) is 0. The molecule has 1 fully saturated rings. The maximum absolute atomic E-state index is 12.9. The lowest BCUT2D eigenvalue weighted by Gasteiger charge is -2.22. The van der Waals surface area contributed by atoms with Crippen molar-refractivity contribution in [3.8, 4) is 34.7 Å². The van der Waals surface area contributed by atoms with Gasteiger partial charge in [0, 0.05) is 23.5 Å². The molecule has 12 heteroatoms. The zero-order chi connectivity index (χ0) is 33.0. The van der Waals surface area contributed by atoms with Gasteiger partial charge in [-0.15, -0.1) is 18.3 Å². The number of hydrogen-bond acceptors (Lipinski definition) is 6. The van der Waals surface area contributed by atoms with E-state index in [1.54, 1.807) is 4.90 Å². The standard InChI is InChI=1S/C34H30F3N5O3S/c1-21(2)28-16-6-22(3)17-29(28)42-31(44)19-46-33(42)39-30(43)18-23(4)5-7-24-8-10-25(11-9-24)32-38-20-41(40-32)26-12-14-27(15-13-26)45-34(35,36)37/h6,8-17,20-21,23H,18-19H2,1-4H3. The predicted molar refractivity (Wildman–Crippen MR) is 172 cm³/mol. The highest BCUT2D eigenvalue weighted by molar-refractivity contribution is 8.15. The third-order valence-corrected chi connectivity index (χ3v) is 7.87. The van der Waals surface area contributed by atoms with Crippen molar-refractivity contribution in [3.63, 3.8) is 0 Å². The number of aromatic nitrogens is 3. The molecule has 1 aliphatic heterocycles. The molecular weight excluding hydrogens is 615 g/mol. The van der Waals surface area contributed by atoms with Gasteiger partial charge in [-0.1, -0.05) is 56.5 Å². The van der Waals surface area contributed by atoms with Gasteiger partial charge in [-0.05, 0) is 78.6 Å². The van der Waals surface area contributed by atoms with Crippen molar-refractivity contribution in [2.45, 2.75) is 46.4 Å². The van der Waals surface area contributed by atoms with E-state index >= 15 is 0 Å². The number of carbonyl (C=O) groups is 2. The van der Waals surface area contributed by atoms with Crippen molar-refractivity contribution in [2.75, 3.05) is 10.7 Å². The van der Waals surface area contributed by atoms with E-state index in [9.17, 15) is 22.8 Å². The quantitative estimate of drug-likeness (QED) is 0.196. The molecule has 4 aromatic rings. The summed E-state index contributed by atoms with van der Waals surface area (Å²) in [5.41, 5.74) is 4.78. The van der Waals surface area contributed by atoms with Gasteiger partial charge in [0.2, 0.25) is 11.8 Å². The van der Waals surface area contributed by atoms with Gasteiger partial charge < -0.3 is 4.74 Å². The number of amides is 2. The molecule has 8 nitrogen and oxygen atoms in total. The van der Waals surface area contributed by atoms with Crippen LogP contribution in [0.2, 0.25) is 0 Å². The number of nitrogens with zero attached hydrogens (tertiary/aromatic N) is 5. The van der Waals surface area contributed by atoms with Crippen molar-refractivity contribution in [3.05, 3.63) is 89.7 Å². The molecule has 0 aliphatic carbocycles. The molecule has 5 rings (SSSR count). The van der Waals surface area contributed by atoms with Crippen LogP contribution in [0, 0.1) is 24.7 Å². The molecule has 0 N–H and O–H groups in total. The fourth-order valence-corrected chi connectivity index (χ4v) is 5.59. The molecular formula is C34H30F3N5O3S. The Labute approximate surface area is 268 Å². The Bertz CT molecular complexity index is 1840. The second-order valence-electron chi connectivity index (χ2n) is 11.0. The number of benzene rings is 3. The van der Waals surface area contributed by atoms with E-state index in [4.69, 9.17) is 0 Å². The molecule has 3 aromatic carbocycles. The van der Waals surface area contributed by atoms with Crippen molar-refractivity contribution in [1.82, 2.24) is 14.8 Å². The molecule has 2 amide bonds. The first kappa shape index (κ1) is 32.5. The number of amidine groups is 1. The molecule has 46 heavy (non-hydrogen) atoms. The van der Waals surface area contributed by atoms with Crippen LogP contribution in [-0.2, 0) is 9.59 Å². The Kier molecular flexibility index (Phi) is 9.63. The van der Waals surface area contributed by atoms with Crippen molar-refractivity contribution >= 4 is 34.4 Å². The average Bonchev–Trinajstić information content (AvgIpc) is 3.63. The third-order valence-electron chi connectivity index (χ3n) is 6.95. The summed E-state index contributed by atoms with van der Waals surface area (Å²) in [6, 6.07) is 18.5. The van der Waals surface area contributed by atoms with E-state index < -0.39 is 6.36 Å². The second-order valence-corrected chi connectivity index (χ2v) is 12.0. The zero-order valence-corrected chi connectivity index (χ0v) is 26.3. The number of rotatable bonds is 7. The lowest BCUT2D eigenvalue weighted by Crippen LogP contribution is -2.31. The van der Waals surface area contributed by atoms with Gasteiger partial charge >= 0.3 is 6.36 Å². The van der Waals surface area contributed by atoms with Crippen LogP contribution in [0.15, 0.2) is 78.0 Å². The number of alkyl halides is 3. The molecule has 1 atom stereocenters. The number of anilines is 1. The van der Waals surface area contributed by atoms with Crippen molar-refractivity contribution < 1.29 is 27.5 Å². The number of ether oxygens (including phenoxy) is 1. The summed E-state index contributed by atoms with van der Waals surface area (Å²) >= 11 is 1.26. The molecule has 0 bridgehead atoms. The van der Waals surface area contributed by atoms with E-state index in [0.717, 1.165) is 27.9 Å². The van der Waals surface area contributed by atoms with Crippen LogP contribution < -0.4 is 9.64 Å². The van der Waals surface area contributed by atoms with Crippen LogP contribution in [0.5, 0.6) is 5.75 Å². The predicted octanol–water partition coefficient (Wildman–Crippen LogP) is 7.31. The summed E-state index contributed by atoms with van der Waals surface area (Å²) < 4.78 is 42.6. The topological polar surface area (TPSA) is 89.7 Å². The van der Waals surface area contributed by atoms with E-state index in [-0.39, 0.29) is 41.6 Å². The van der Waals surface area contributed by atoms with Crippen molar-refractivity contribution in [1.29, 1.82) is 0 Å². The Morgan fingerprint density at radius 1 is 1.07 bits per heavy atom. The van der Waals surface area contributed by atoms with E-state index in [0.29, 0.717) is 16.7 Å². The number of hydrogen-bond donors (Lipinski definition) is 0. The molecule has 236 valence electrons. The highest BCUT2D eigenvalue weighted by atomic mass is 32.2. The van der Waals surface area contributed by atoms with Crippen molar-refractivity contribution in [2.24, 2.45) is 10.9 Å². The highest BCUT2D eigenvalue weighted by Crippen LogP contribution is 2.34. The number of halogens is 3. The van der Waals surface area contributed by atoms with Crippen LogP contribution in [0.1, 0.15) is 49.8 Å². The number of aliphatic imine (C=N–C) groups is 1. The highest BCUT2D eigenvalue weighted by Gasteiger charge is 2.33. The van der Waals surface area contributed by atoms with Gasteiger partial charge in [-0.25, -0.2) is 9.67 Å². The summed E-state index contributed by atoms with van der Waals surface area (Å²) in [6.07, 6.45) is -3.19. The summed E-state index contributed by atoms with van der Waals surface area (Å²) in [6.45, 7) is 7.94. The lowest BCUT2D eigenvalue weighted by atomic mass is 9.99. The number of aryl methyl sites for hydroxylation is 1. The van der Waals surface area contributed by atoms with Gasteiger partial charge in [0.1, 0.15) is 12.1 Å². The van der Waals surface area contributed by atoms with Crippen LogP contribution in [0.3, 0.4) is 0 Å². The first-order valence-corrected chi connectivity index (χ1v) is 15.4. The summed E-state index contributed by atoms with van der Waals surface area (Å²) in [4.78, 5) is 35.9. The largest absolute Gasteiger partial charge is 0.573 e. The normalized spacial score (nSPS) is 14.8. The van der Waals surface area contributed by atoms with Gasteiger partial charge in [0.25, 0.3) is 0 Å². The van der Waals surface area contributed by atoms with E-state index in [2.05, 4.69) is 45.5 Å². The number of carbonyl (C=O) groups excluding carboxylic acids is 2. The second kappa shape index (κ2) is 13.6. The smallest absolute Gasteiger partial charge is 0.406 e. The minimum atomic E-state index is -4.76. The monoisotopic (exact) mass is 645 g/mol. The minimum absolute atomic E-state index is 0.101. The van der Waals surface area contributed by atoms with Crippen LogP contribution >= 0.6 is 11.8 Å². The molecule has 2 heterocycles. The first-order chi connectivity index (χ1) is 21.9. The minimum Gasteiger partial charge on any atom is -0.406 e. The van der Waals surface area contributed by atoms with Crippen LogP contribution in [0.25, 0.3) is 17.1 Å². The fraction of sp³-hybridized carbons (Fsp3) is 0.265. The molecule has 0 spiro atoms. The van der Waals surface area contributed by atoms with E-state index in [1.165, 1.54) is 47.0 Å². The molecule has 1 unspecified atom stereocenters. The number of thioether (sulfide) groups is 1. The first-order valence-electron chi connectivity index (χ1n) is 14.4. The van der Waals surface area contributed by atoms with Gasteiger partial charge in [0.05, 0.1) is 17.1 Å². The van der Waals surface area contributed by atoms with Gasteiger partial charge in [-0.3, -0.25) is 14.5 Å². The van der Waals surface area contributed by atoms with Gasteiger partial charge in [-0.2, -0.15) is 4.99 Å². The molecule has 1 aliphatic rings. The summed E-state index contributed by atoms with van der Waals surface area (Å²) in [5.74, 6) is 5.99. The molecule has 0 radical (unpaired) electrons. The zero-order valence-electron chi connectivity index (χ0n) is 25.5. The summed E-state index contributed by atoms with van der Waals surface area (Å²) in [5, 5.41) is 4.80. The maximum atomic E-state index is 12.9. The Balaban J connectivity index is 1.21. The molecule has 1 saturated heterocycles. The third kappa shape index (κ3) is 8.03. The van der Waals surface area contributed by atoms with Gasteiger partial charge in [0.15, 0.2) is 11.0 Å². The SMILES string of the molecule is Cc1ccc(C(C)C)c(N2C(=O)CSC2=NC(=O)CC(C)C#Cc2ccc(-c3ncn(-c4ccc(OC(F)(F)F)cc4)n3)cc2)c1. The maximum Gasteiger partial charge on any atom is 0.573 e. The molecule has 1 aromatic heterocycles. The van der Waals surface area contributed by atoms with E-state index in [1.807, 2.05) is 56.3 Å².